The molecule has 0 saturated heterocycles. The molecule has 0 aliphatic rings. The van der Waals surface area contributed by atoms with Crippen LogP contribution in [0.25, 0.3) is 0 Å². The van der Waals surface area contributed by atoms with Crippen LogP contribution in [0.1, 0.15) is 24.2 Å². The number of hydrogen-bond acceptors (Lipinski definition) is 3. The van der Waals surface area contributed by atoms with E-state index in [0.29, 0.717) is 0 Å². The molecule has 5 heteroatoms. The minimum absolute atomic E-state index is 0.00781. The highest BCUT2D eigenvalue weighted by atomic mass is 19.1. The largest absolute Gasteiger partial charge is 0.323 e. The summed E-state index contributed by atoms with van der Waals surface area (Å²) in [6, 6.07) is 4.32. The van der Waals surface area contributed by atoms with Crippen LogP contribution in [0.15, 0.2) is 18.3 Å². The van der Waals surface area contributed by atoms with Gasteiger partial charge < -0.3 is 4.90 Å². The molecule has 0 unspecified atom stereocenters. The summed E-state index contributed by atoms with van der Waals surface area (Å²) in [5.41, 5.74) is 0.283. The number of carbonyl (C=O) groups excluding carboxylic acids is 1. The molecule has 16 heavy (non-hydrogen) atoms. The van der Waals surface area contributed by atoms with Crippen molar-refractivity contribution in [2.45, 2.75) is 19.9 Å². The second-order valence-electron chi connectivity index (χ2n) is 3.55. The van der Waals surface area contributed by atoms with E-state index in [1.165, 1.54) is 17.2 Å². The maximum atomic E-state index is 12.6. The average molecular weight is 221 g/mol. The van der Waals surface area contributed by atoms with Crippen LogP contribution in [-0.4, -0.2) is 28.4 Å². The van der Waals surface area contributed by atoms with Gasteiger partial charge in [-0.15, -0.1) is 0 Å². The van der Waals surface area contributed by atoms with Crippen molar-refractivity contribution in [3.63, 3.8) is 0 Å². The monoisotopic (exact) mass is 221 g/mol. The van der Waals surface area contributed by atoms with Gasteiger partial charge in [-0.2, -0.15) is 9.65 Å². The van der Waals surface area contributed by atoms with Crippen molar-refractivity contribution < 1.29 is 9.18 Å². The van der Waals surface area contributed by atoms with E-state index in [2.05, 4.69) is 4.98 Å². The second-order valence-corrected chi connectivity index (χ2v) is 3.55. The van der Waals surface area contributed by atoms with Gasteiger partial charge in [0.05, 0.1) is 11.6 Å². The lowest BCUT2D eigenvalue weighted by Gasteiger charge is -2.23. The van der Waals surface area contributed by atoms with Crippen molar-refractivity contribution in [2.75, 3.05) is 6.54 Å². The maximum Gasteiger partial charge on any atom is 0.256 e. The lowest BCUT2D eigenvalue weighted by Crippen LogP contribution is -2.37. The van der Waals surface area contributed by atoms with Gasteiger partial charge in [-0.25, -0.2) is 4.98 Å². The number of aromatic nitrogens is 1. The van der Waals surface area contributed by atoms with Crippen molar-refractivity contribution in [1.82, 2.24) is 9.88 Å². The van der Waals surface area contributed by atoms with Gasteiger partial charge in [0.15, 0.2) is 0 Å². The minimum atomic E-state index is -0.632. The molecule has 0 radical (unpaired) electrons. The fourth-order valence-corrected chi connectivity index (χ4v) is 1.23. The predicted octanol–water partition coefficient (Wildman–Crippen LogP) is 1.59. The first-order valence-corrected chi connectivity index (χ1v) is 4.85. The number of pyridine rings is 1. The molecule has 0 spiro atoms. The van der Waals surface area contributed by atoms with Crippen molar-refractivity contribution in [3.05, 3.63) is 29.8 Å². The summed E-state index contributed by atoms with van der Waals surface area (Å²) >= 11 is 0. The Balaban J connectivity index is 2.91. The van der Waals surface area contributed by atoms with E-state index < -0.39 is 5.95 Å². The van der Waals surface area contributed by atoms with E-state index in [9.17, 15) is 9.18 Å². The SMILES string of the molecule is CC(C)N(CC#N)C(=O)c1ccc(F)nc1. The molecule has 1 aromatic heterocycles. The lowest BCUT2D eigenvalue weighted by molar-refractivity contribution is 0.0731. The predicted molar refractivity (Wildman–Crippen MR) is 56.0 cm³/mol. The van der Waals surface area contributed by atoms with E-state index >= 15 is 0 Å². The zero-order chi connectivity index (χ0) is 12.1. The molecule has 4 nitrogen and oxygen atoms in total. The molecule has 0 atom stereocenters. The zero-order valence-corrected chi connectivity index (χ0v) is 9.14. The van der Waals surface area contributed by atoms with E-state index in [1.807, 2.05) is 19.9 Å². The summed E-state index contributed by atoms with van der Waals surface area (Å²) in [4.78, 5) is 16.7. The van der Waals surface area contributed by atoms with Crippen molar-refractivity contribution in [3.8, 4) is 6.07 Å². The number of rotatable bonds is 3. The Morgan fingerprint density at radius 1 is 1.62 bits per heavy atom. The highest BCUT2D eigenvalue weighted by Gasteiger charge is 2.18. The van der Waals surface area contributed by atoms with Gasteiger partial charge in [0.1, 0.15) is 6.54 Å². The first-order valence-electron chi connectivity index (χ1n) is 4.85. The molecule has 0 aliphatic heterocycles. The molecule has 1 heterocycles. The Kier molecular flexibility index (Phi) is 3.95. The van der Waals surface area contributed by atoms with Crippen LogP contribution in [0.2, 0.25) is 0 Å². The van der Waals surface area contributed by atoms with Crippen molar-refractivity contribution >= 4 is 5.91 Å². The standard InChI is InChI=1S/C11H12FN3O/c1-8(2)15(6-5-13)11(16)9-3-4-10(12)14-7-9/h3-4,7-8H,6H2,1-2H3. The third-order valence-electron chi connectivity index (χ3n) is 2.10. The lowest BCUT2D eigenvalue weighted by atomic mass is 10.2. The number of amides is 1. The molecular formula is C11H12FN3O. The Morgan fingerprint density at radius 3 is 2.75 bits per heavy atom. The number of nitrogens with zero attached hydrogens (tertiary/aromatic N) is 3. The van der Waals surface area contributed by atoms with E-state index in [4.69, 9.17) is 5.26 Å². The van der Waals surface area contributed by atoms with Gasteiger partial charge in [-0.05, 0) is 26.0 Å². The van der Waals surface area contributed by atoms with Gasteiger partial charge in [0.25, 0.3) is 5.91 Å². The number of carbonyl (C=O) groups is 1. The van der Waals surface area contributed by atoms with Crippen LogP contribution in [0.5, 0.6) is 0 Å². The average Bonchev–Trinajstić information content (AvgIpc) is 2.25. The fraction of sp³-hybridized carbons (Fsp3) is 0.364. The molecule has 0 N–H and O–H groups in total. The molecule has 1 aromatic rings. The van der Waals surface area contributed by atoms with Crippen molar-refractivity contribution in [1.29, 1.82) is 5.26 Å². The van der Waals surface area contributed by atoms with Gasteiger partial charge in [0.2, 0.25) is 5.95 Å². The molecule has 1 amide bonds. The van der Waals surface area contributed by atoms with Crippen LogP contribution in [-0.2, 0) is 0 Å². The Bertz CT molecular complexity index is 408. The van der Waals surface area contributed by atoms with Gasteiger partial charge >= 0.3 is 0 Å². The molecular weight excluding hydrogens is 209 g/mol. The van der Waals surface area contributed by atoms with Crippen LogP contribution >= 0.6 is 0 Å². The summed E-state index contributed by atoms with van der Waals surface area (Å²) in [5, 5.41) is 8.61. The quantitative estimate of drug-likeness (QED) is 0.575. The topological polar surface area (TPSA) is 57.0 Å². The summed E-state index contributed by atoms with van der Waals surface area (Å²) in [6.45, 7) is 3.63. The summed E-state index contributed by atoms with van der Waals surface area (Å²) in [6.07, 6.45) is 1.17. The molecule has 0 aliphatic carbocycles. The minimum Gasteiger partial charge on any atom is -0.323 e. The Morgan fingerprint density at radius 2 is 2.31 bits per heavy atom. The molecule has 0 saturated carbocycles. The number of halogens is 1. The zero-order valence-electron chi connectivity index (χ0n) is 9.14. The summed E-state index contributed by atoms with van der Waals surface area (Å²) in [7, 11) is 0. The molecule has 0 fully saturated rings. The summed E-state index contributed by atoms with van der Waals surface area (Å²) < 4.78 is 12.6. The maximum absolute atomic E-state index is 12.6. The summed E-state index contributed by atoms with van der Waals surface area (Å²) in [5.74, 6) is -0.947. The molecule has 84 valence electrons. The first kappa shape index (κ1) is 12.1. The van der Waals surface area contributed by atoms with E-state index in [0.717, 1.165) is 6.07 Å². The van der Waals surface area contributed by atoms with Gasteiger partial charge in [-0.1, -0.05) is 0 Å². The highest BCUT2D eigenvalue weighted by molar-refractivity contribution is 5.94. The van der Waals surface area contributed by atoms with Crippen molar-refractivity contribution in [2.24, 2.45) is 0 Å². The number of hydrogen-bond donors (Lipinski definition) is 0. The molecule has 1 rings (SSSR count). The first-order chi connectivity index (χ1) is 7.56. The van der Waals surface area contributed by atoms with Crippen LogP contribution < -0.4 is 0 Å². The molecule has 0 aromatic carbocycles. The van der Waals surface area contributed by atoms with Crippen LogP contribution in [0.3, 0.4) is 0 Å². The highest BCUT2D eigenvalue weighted by Crippen LogP contribution is 2.07. The number of nitriles is 1. The van der Waals surface area contributed by atoms with Gasteiger partial charge in [-0.3, -0.25) is 4.79 Å². The normalized spacial score (nSPS) is 9.94. The third-order valence-corrected chi connectivity index (χ3v) is 2.10. The third kappa shape index (κ3) is 2.76. The molecule has 0 bridgehead atoms. The smallest absolute Gasteiger partial charge is 0.256 e. The van der Waals surface area contributed by atoms with Crippen LogP contribution in [0, 0.1) is 17.3 Å². The van der Waals surface area contributed by atoms with Gasteiger partial charge in [0, 0.05) is 12.2 Å². The Labute approximate surface area is 93.3 Å². The van der Waals surface area contributed by atoms with Crippen LogP contribution in [0.4, 0.5) is 4.39 Å². The second kappa shape index (κ2) is 5.21. The fourth-order valence-electron chi connectivity index (χ4n) is 1.23. The Hall–Kier alpha value is -1.96. The van der Waals surface area contributed by atoms with E-state index in [-0.39, 0.29) is 24.1 Å². The van der Waals surface area contributed by atoms with E-state index in [1.54, 1.807) is 0 Å².